The van der Waals surface area contributed by atoms with Crippen LogP contribution in [0.2, 0.25) is 0 Å². The van der Waals surface area contributed by atoms with Crippen molar-refractivity contribution in [1.29, 1.82) is 0 Å². The molecule has 12 heteroatoms. The number of H-pyrrole nitrogens is 1. The van der Waals surface area contributed by atoms with Gasteiger partial charge in [0, 0.05) is 17.7 Å². The molecule has 5 rings (SSSR count). The van der Waals surface area contributed by atoms with Gasteiger partial charge in [-0.05, 0) is 30.3 Å². The van der Waals surface area contributed by atoms with Crippen LogP contribution in [0.25, 0.3) is 11.4 Å². The number of fused-ring (bicyclic) bond motifs is 1. The molecule has 0 saturated heterocycles. The molecule has 1 atom stereocenters. The molecule has 1 aliphatic heterocycles. The lowest BCUT2D eigenvalue weighted by atomic mass is 10.0. The van der Waals surface area contributed by atoms with E-state index in [1.807, 2.05) is 0 Å². The van der Waals surface area contributed by atoms with Crippen molar-refractivity contribution in [2.24, 2.45) is 0 Å². The topological polar surface area (TPSA) is 146 Å². The first-order chi connectivity index (χ1) is 16.0. The molecule has 0 spiro atoms. The minimum absolute atomic E-state index is 0.00813. The number of nitrogens with one attached hydrogen (secondary N) is 2. The van der Waals surface area contributed by atoms with Crippen molar-refractivity contribution in [2.45, 2.75) is 19.0 Å². The second-order valence-corrected chi connectivity index (χ2v) is 7.40. The molecular formula is C21H17FN7O4-. The first-order valence-corrected chi connectivity index (χ1v) is 9.92. The molecule has 0 radical (unpaired) electrons. The number of aromatic nitrogens is 4. The molecule has 3 N–H and O–H groups in total. The average Bonchev–Trinajstić information content (AvgIpc) is 3.47. The van der Waals surface area contributed by atoms with Gasteiger partial charge in [-0.25, -0.2) is 14.2 Å². The van der Waals surface area contributed by atoms with Crippen LogP contribution < -0.4 is 10.5 Å². The van der Waals surface area contributed by atoms with Gasteiger partial charge in [0.2, 0.25) is 11.7 Å². The number of carbonyl (C=O) groups is 1. The van der Waals surface area contributed by atoms with Crippen molar-refractivity contribution in [3.05, 3.63) is 83.2 Å². The number of amides is 2. The van der Waals surface area contributed by atoms with Gasteiger partial charge in [0.25, 0.3) is 0 Å². The van der Waals surface area contributed by atoms with E-state index in [1.165, 1.54) is 35.2 Å². The third-order valence-electron chi connectivity index (χ3n) is 5.29. The van der Waals surface area contributed by atoms with E-state index in [-0.39, 0.29) is 29.2 Å². The van der Waals surface area contributed by atoms with Crippen molar-refractivity contribution < 1.29 is 18.9 Å². The first kappa shape index (κ1) is 20.6. The molecule has 2 aromatic heterocycles. The Morgan fingerprint density at radius 2 is 2.15 bits per heavy atom. The SMILES string of the molecule is O=C(Nc1cccc(F)c1)N1Cc2[nH]cnc2CC1c1nc(-c2cccc(N([O-])O)c2)no1. The molecule has 3 heterocycles. The lowest BCUT2D eigenvalue weighted by Crippen LogP contribution is -2.41. The number of rotatable bonds is 4. The lowest BCUT2D eigenvalue weighted by molar-refractivity contribution is 0.155. The summed E-state index contributed by atoms with van der Waals surface area (Å²) in [6.45, 7) is 0.198. The molecule has 2 aromatic carbocycles. The maximum absolute atomic E-state index is 13.5. The van der Waals surface area contributed by atoms with E-state index >= 15 is 0 Å². The molecule has 1 unspecified atom stereocenters. The van der Waals surface area contributed by atoms with E-state index in [0.29, 0.717) is 17.7 Å². The van der Waals surface area contributed by atoms with Crippen LogP contribution in [0.1, 0.15) is 23.3 Å². The van der Waals surface area contributed by atoms with E-state index < -0.39 is 17.9 Å². The molecule has 0 saturated carbocycles. The molecule has 2 amide bonds. The number of halogens is 1. The Hall–Kier alpha value is -4.29. The zero-order valence-electron chi connectivity index (χ0n) is 17.0. The Morgan fingerprint density at radius 1 is 1.30 bits per heavy atom. The Labute approximate surface area is 186 Å². The van der Waals surface area contributed by atoms with E-state index in [1.54, 1.807) is 24.5 Å². The standard InChI is InChI=1S/C21H17FN7O4/c22-13-4-2-5-14(8-13)25-21(30)28-10-17-16(23-11-24-17)9-18(28)20-26-19(27-33-20)12-3-1-6-15(7-12)29(31)32/h1-8,11,18,31H,9-10H2,(H,23,24)(H,25,30)/q-1. The number of benzene rings is 2. The second kappa shape index (κ2) is 8.33. The molecule has 1 aliphatic rings. The van der Waals surface area contributed by atoms with Crippen molar-refractivity contribution in [1.82, 2.24) is 25.0 Å². The van der Waals surface area contributed by atoms with Crippen LogP contribution in [-0.4, -0.2) is 36.2 Å². The van der Waals surface area contributed by atoms with Crippen LogP contribution in [-0.2, 0) is 13.0 Å². The Bertz CT molecular complexity index is 1310. The van der Waals surface area contributed by atoms with Crippen LogP contribution in [0.15, 0.2) is 59.4 Å². The fourth-order valence-electron chi connectivity index (χ4n) is 3.68. The van der Waals surface area contributed by atoms with Crippen LogP contribution in [0, 0.1) is 11.0 Å². The predicted octanol–water partition coefficient (Wildman–Crippen LogP) is 3.62. The number of nitrogens with zero attached hydrogens (tertiary/aromatic N) is 5. The van der Waals surface area contributed by atoms with Crippen LogP contribution in [0.4, 0.5) is 20.6 Å². The number of anilines is 2. The molecule has 0 aliphatic carbocycles. The van der Waals surface area contributed by atoms with Gasteiger partial charge < -0.3 is 30.2 Å². The summed E-state index contributed by atoms with van der Waals surface area (Å²) in [5, 5.41) is 26.7. The largest absolute Gasteiger partial charge is 0.733 e. The summed E-state index contributed by atoms with van der Waals surface area (Å²) in [6, 6.07) is 10.5. The molecule has 0 bridgehead atoms. The van der Waals surface area contributed by atoms with Crippen molar-refractivity contribution in [3.8, 4) is 11.4 Å². The highest BCUT2D eigenvalue weighted by Crippen LogP contribution is 2.33. The predicted molar refractivity (Wildman–Crippen MR) is 113 cm³/mol. The van der Waals surface area contributed by atoms with Crippen molar-refractivity contribution >= 4 is 17.4 Å². The van der Waals surface area contributed by atoms with Gasteiger partial charge in [0.05, 0.1) is 29.9 Å². The second-order valence-electron chi connectivity index (χ2n) is 7.40. The molecule has 0 fully saturated rings. The Kier molecular flexibility index (Phi) is 5.20. The smallest absolute Gasteiger partial charge is 0.322 e. The van der Waals surface area contributed by atoms with Gasteiger partial charge in [0.1, 0.15) is 11.9 Å². The molecular weight excluding hydrogens is 433 g/mol. The zero-order chi connectivity index (χ0) is 22.9. The van der Waals surface area contributed by atoms with E-state index in [0.717, 1.165) is 11.4 Å². The zero-order valence-corrected chi connectivity index (χ0v) is 17.0. The van der Waals surface area contributed by atoms with Gasteiger partial charge in [0.15, 0.2) is 0 Å². The normalized spacial score (nSPS) is 15.2. The third-order valence-corrected chi connectivity index (χ3v) is 5.29. The average molecular weight is 450 g/mol. The summed E-state index contributed by atoms with van der Waals surface area (Å²) >= 11 is 0. The highest BCUT2D eigenvalue weighted by Gasteiger charge is 2.36. The highest BCUT2D eigenvalue weighted by molar-refractivity contribution is 5.89. The highest BCUT2D eigenvalue weighted by atomic mass is 19.1. The van der Waals surface area contributed by atoms with Gasteiger partial charge in [-0.3, -0.25) is 5.21 Å². The minimum Gasteiger partial charge on any atom is -0.733 e. The number of urea groups is 1. The lowest BCUT2D eigenvalue weighted by Gasteiger charge is -2.32. The summed E-state index contributed by atoms with van der Waals surface area (Å²) in [5.74, 6) is -0.115. The summed E-state index contributed by atoms with van der Waals surface area (Å²) in [5.41, 5.74) is 2.30. The van der Waals surface area contributed by atoms with E-state index in [2.05, 4.69) is 25.4 Å². The molecule has 33 heavy (non-hydrogen) atoms. The number of hydrogen-bond acceptors (Lipinski definition) is 8. The molecule has 168 valence electrons. The Morgan fingerprint density at radius 3 is 2.97 bits per heavy atom. The maximum atomic E-state index is 13.5. The number of hydrogen-bond donors (Lipinski definition) is 3. The van der Waals surface area contributed by atoms with Crippen molar-refractivity contribution in [2.75, 3.05) is 10.5 Å². The fourth-order valence-corrected chi connectivity index (χ4v) is 3.68. The fraction of sp³-hybridized carbons (Fsp3) is 0.143. The van der Waals surface area contributed by atoms with Crippen LogP contribution in [0.5, 0.6) is 0 Å². The van der Waals surface area contributed by atoms with Crippen LogP contribution in [0.3, 0.4) is 0 Å². The Balaban J connectivity index is 1.45. The molecule has 11 nitrogen and oxygen atoms in total. The van der Waals surface area contributed by atoms with Gasteiger partial charge >= 0.3 is 6.03 Å². The van der Waals surface area contributed by atoms with E-state index in [4.69, 9.17) is 9.73 Å². The monoisotopic (exact) mass is 450 g/mol. The van der Waals surface area contributed by atoms with Gasteiger partial charge in [-0.15, -0.1) is 0 Å². The minimum atomic E-state index is -0.632. The van der Waals surface area contributed by atoms with E-state index in [9.17, 15) is 14.4 Å². The van der Waals surface area contributed by atoms with Gasteiger partial charge in [-0.1, -0.05) is 23.4 Å². The van der Waals surface area contributed by atoms with Crippen molar-refractivity contribution in [3.63, 3.8) is 0 Å². The summed E-state index contributed by atoms with van der Waals surface area (Å²) in [4.78, 5) is 26.3. The summed E-state index contributed by atoms with van der Waals surface area (Å²) in [7, 11) is 0. The maximum Gasteiger partial charge on any atom is 0.322 e. The summed E-state index contributed by atoms with van der Waals surface area (Å²) in [6.07, 6.45) is 1.87. The number of carbonyl (C=O) groups excluding carboxylic acids is 1. The summed E-state index contributed by atoms with van der Waals surface area (Å²) < 4.78 is 19.0. The number of imidazole rings is 1. The first-order valence-electron chi connectivity index (χ1n) is 9.92. The van der Waals surface area contributed by atoms with Gasteiger partial charge in [-0.2, -0.15) is 4.98 Å². The third kappa shape index (κ3) is 4.12. The quantitative estimate of drug-likeness (QED) is 0.400. The van der Waals surface area contributed by atoms with Crippen LogP contribution >= 0.6 is 0 Å². The molecule has 4 aromatic rings. The number of aromatic amines is 1.